The number of hydrogen-bond acceptors (Lipinski definition) is 4. The summed E-state index contributed by atoms with van der Waals surface area (Å²) in [4.78, 5) is 28.6. The molecule has 1 heterocycles. The maximum Gasteiger partial charge on any atom is 0.339 e. The van der Waals surface area contributed by atoms with Crippen molar-refractivity contribution in [2.75, 3.05) is 13.2 Å². The van der Waals surface area contributed by atoms with Crippen molar-refractivity contribution < 1.29 is 14.3 Å². The van der Waals surface area contributed by atoms with Gasteiger partial charge in [-0.15, -0.1) is 0 Å². The Bertz CT molecular complexity index is 960. The second-order valence-corrected chi connectivity index (χ2v) is 6.59. The van der Waals surface area contributed by atoms with Crippen molar-refractivity contribution in [1.29, 1.82) is 0 Å². The number of benzene rings is 2. The van der Waals surface area contributed by atoms with E-state index in [1.165, 1.54) is 6.07 Å². The predicted octanol–water partition coefficient (Wildman–Crippen LogP) is 3.96. The highest BCUT2D eigenvalue weighted by Crippen LogP contribution is 2.21. The summed E-state index contributed by atoms with van der Waals surface area (Å²) in [5.41, 5.74) is 2.02. The van der Waals surface area contributed by atoms with E-state index in [-0.39, 0.29) is 29.1 Å². The molecule has 0 saturated carbocycles. The van der Waals surface area contributed by atoms with Crippen molar-refractivity contribution in [2.24, 2.45) is 0 Å². The highest BCUT2D eigenvalue weighted by atomic mass is 35.5. The van der Waals surface area contributed by atoms with Crippen molar-refractivity contribution in [1.82, 2.24) is 10.3 Å². The van der Waals surface area contributed by atoms with Crippen LogP contribution in [0.15, 0.2) is 60.7 Å². The number of hydrogen-bond donors (Lipinski definition) is 1. The molecule has 1 amide bonds. The van der Waals surface area contributed by atoms with Gasteiger partial charge in [-0.3, -0.25) is 4.79 Å². The van der Waals surface area contributed by atoms with Gasteiger partial charge < -0.3 is 10.1 Å². The minimum atomic E-state index is -0.609. The molecule has 0 unspecified atom stereocenters. The van der Waals surface area contributed by atoms with Crippen molar-refractivity contribution >= 4 is 34.4 Å². The quantitative estimate of drug-likeness (QED) is 0.517. The summed E-state index contributed by atoms with van der Waals surface area (Å²) in [7, 11) is 0. The van der Waals surface area contributed by atoms with Crippen LogP contribution in [0.25, 0.3) is 10.9 Å². The third kappa shape index (κ3) is 4.83. The molecule has 0 fully saturated rings. The van der Waals surface area contributed by atoms with E-state index in [0.29, 0.717) is 17.4 Å². The number of fused-ring (bicyclic) bond motifs is 1. The highest BCUT2D eigenvalue weighted by Gasteiger charge is 2.16. The Hall–Kier alpha value is -2.92. The molecule has 2 aromatic carbocycles. The van der Waals surface area contributed by atoms with Crippen LogP contribution in [0.1, 0.15) is 28.8 Å². The van der Waals surface area contributed by atoms with Crippen molar-refractivity contribution in [2.45, 2.75) is 12.8 Å². The Kier molecular flexibility index (Phi) is 6.04. The number of para-hydroxylation sites is 1. The van der Waals surface area contributed by atoms with E-state index < -0.39 is 5.97 Å². The lowest BCUT2D eigenvalue weighted by Gasteiger charge is -2.13. The van der Waals surface area contributed by atoms with E-state index in [1.54, 1.807) is 18.2 Å². The van der Waals surface area contributed by atoms with Crippen molar-refractivity contribution in [3.63, 3.8) is 0 Å². The molecule has 1 aromatic heterocycles. The van der Waals surface area contributed by atoms with Crippen LogP contribution in [0.2, 0.25) is 5.15 Å². The van der Waals surface area contributed by atoms with Gasteiger partial charge in [-0.1, -0.05) is 67.1 Å². The molecule has 0 saturated heterocycles. The van der Waals surface area contributed by atoms with E-state index >= 15 is 0 Å². The van der Waals surface area contributed by atoms with E-state index in [9.17, 15) is 9.59 Å². The molecule has 3 aromatic rings. The molecule has 0 aliphatic rings. The summed E-state index contributed by atoms with van der Waals surface area (Å²) in [5.74, 6) is -0.800. The molecule has 0 aliphatic heterocycles. The normalized spacial score (nSPS) is 11.8. The van der Waals surface area contributed by atoms with Crippen molar-refractivity contribution in [3.8, 4) is 0 Å². The van der Waals surface area contributed by atoms with Crippen LogP contribution < -0.4 is 5.32 Å². The minimum Gasteiger partial charge on any atom is -0.452 e. The number of aromatic nitrogens is 1. The van der Waals surface area contributed by atoms with Crippen LogP contribution in [-0.2, 0) is 9.53 Å². The smallest absolute Gasteiger partial charge is 0.339 e. The van der Waals surface area contributed by atoms with Crippen LogP contribution >= 0.6 is 11.6 Å². The summed E-state index contributed by atoms with van der Waals surface area (Å²) >= 11 is 5.98. The first-order valence-corrected chi connectivity index (χ1v) is 8.96. The number of halogens is 1. The third-order valence-electron chi connectivity index (χ3n) is 4.21. The number of esters is 1. The van der Waals surface area contributed by atoms with E-state index in [0.717, 1.165) is 5.56 Å². The Balaban J connectivity index is 1.57. The fraction of sp³-hybridized carbons (Fsp3) is 0.190. The van der Waals surface area contributed by atoms with Gasteiger partial charge in [0.15, 0.2) is 6.61 Å². The molecule has 138 valence electrons. The fourth-order valence-corrected chi connectivity index (χ4v) is 2.94. The maximum atomic E-state index is 12.4. The first kappa shape index (κ1) is 18.9. The van der Waals surface area contributed by atoms with Gasteiger partial charge in [-0.05, 0) is 23.6 Å². The lowest BCUT2D eigenvalue weighted by molar-refractivity contribution is -0.124. The fourth-order valence-electron chi connectivity index (χ4n) is 2.74. The second-order valence-electron chi connectivity index (χ2n) is 6.20. The molecule has 0 spiro atoms. The molecular formula is C21H19ClN2O3. The van der Waals surface area contributed by atoms with Gasteiger partial charge in [0.2, 0.25) is 0 Å². The van der Waals surface area contributed by atoms with Gasteiger partial charge >= 0.3 is 5.97 Å². The number of rotatable bonds is 6. The number of nitrogens with one attached hydrogen (secondary N) is 1. The Morgan fingerprint density at radius 2 is 1.81 bits per heavy atom. The first-order chi connectivity index (χ1) is 13.0. The molecule has 0 bridgehead atoms. The summed E-state index contributed by atoms with van der Waals surface area (Å²) in [6.07, 6.45) is 0. The zero-order valence-electron chi connectivity index (χ0n) is 14.8. The average Bonchev–Trinajstić information content (AvgIpc) is 2.70. The van der Waals surface area contributed by atoms with Crippen LogP contribution in [-0.4, -0.2) is 30.0 Å². The van der Waals surface area contributed by atoms with E-state index in [1.807, 2.05) is 43.3 Å². The lowest BCUT2D eigenvalue weighted by atomic mass is 10.0. The molecular weight excluding hydrogens is 364 g/mol. The number of amides is 1. The van der Waals surface area contributed by atoms with Crippen LogP contribution in [0, 0.1) is 0 Å². The molecule has 27 heavy (non-hydrogen) atoms. The SMILES string of the molecule is C[C@@H](CNC(=O)COC(=O)c1cc(Cl)nc2ccccc12)c1ccccc1. The molecule has 0 radical (unpaired) electrons. The maximum absolute atomic E-state index is 12.4. The topological polar surface area (TPSA) is 68.3 Å². The highest BCUT2D eigenvalue weighted by molar-refractivity contribution is 6.30. The van der Waals surface area contributed by atoms with Gasteiger partial charge in [0, 0.05) is 11.9 Å². The Morgan fingerprint density at radius 3 is 2.59 bits per heavy atom. The number of pyridine rings is 1. The van der Waals surface area contributed by atoms with E-state index in [2.05, 4.69) is 10.3 Å². The van der Waals surface area contributed by atoms with Crippen LogP contribution in [0.3, 0.4) is 0 Å². The summed E-state index contributed by atoms with van der Waals surface area (Å²) < 4.78 is 5.15. The zero-order chi connectivity index (χ0) is 19.2. The molecule has 1 atom stereocenters. The number of carbonyl (C=O) groups is 2. The molecule has 0 aliphatic carbocycles. The van der Waals surface area contributed by atoms with Gasteiger partial charge in [0.1, 0.15) is 5.15 Å². The molecule has 5 nitrogen and oxygen atoms in total. The third-order valence-corrected chi connectivity index (χ3v) is 4.41. The largest absolute Gasteiger partial charge is 0.452 e. The molecule has 3 rings (SSSR count). The monoisotopic (exact) mass is 382 g/mol. The Morgan fingerprint density at radius 1 is 1.11 bits per heavy atom. The predicted molar refractivity (Wildman–Crippen MR) is 105 cm³/mol. The average molecular weight is 383 g/mol. The zero-order valence-corrected chi connectivity index (χ0v) is 15.6. The van der Waals surface area contributed by atoms with Crippen molar-refractivity contribution in [3.05, 3.63) is 76.9 Å². The van der Waals surface area contributed by atoms with Gasteiger partial charge in [-0.25, -0.2) is 9.78 Å². The number of carbonyl (C=O) groups excluding carboxylic acids is 2. The van der Waals surface area contributed by atoms with Crippen LogP contribution in [0.4, 0.5) is 0 Å². The number of nitrogens with zero attached hydrogens (tertiary/aromatic N) is 1. The second kappa shape index (κ2) is 8.64. The summed E-state index contributed by atoms with van der Waals surface area (Å²) in [6, 6.07) is 18.5. The molecule has 1 N–H and O–H groups in total. The summed E-state index contributed by atoms with van der Waals surface area (Å²) in [5, 5.41) is 3.61. The van der Waals surface area contributed by atoms with E-state index in [4.69, 9.17) is 16.3 Å². The lowest BCUT2D eigenvalue weighted by Crippen LogP contribution is -2.31. The van der Waals surface area contributed by atoms with Gasteiger partial charge in [0.05, 0.1) is 11.1 Å². The number of ether oxygens (including phenoxy) is 1. The Labute approximate surface area is 162 Å². The van der Waals surface area contributed by atoms with Gasteiger partial charge in [0.25, 0.3) is 5.91 Å². The first-order valence-electron chi connectivity index (χ1n) is 8.58. The van der Waals surface area contributed by atoms with Gasteiger partial charge in [-0.2, -0.15) is 0 Å². The molecule has 6 heteroatoms. The standard InChI is InChI=1S/C21H19ClN2O3/c1-14(15-7-3-2-4-8-15)12-23-20(25)13-27-21(26)17-11-19(22)24-18-10-6-5-9-16(17)18/h2-11,14H,12-13H2,1H3,(H,23,25)/t14-/m0/s1. The summed E-state index contributed by atoms with van der Waals surface area (Å²) in [6.45, 7) is 2.13. The van der Waals surface area contributed by atoms with Crippen LogP contribution in [0.5, 0.6) is 0 Å². The minimum absolute atomic E-state index is 0.161.